The quantitative estimate of drug-likeness (QED) is 0.869. The van der Waals surface area contributed by atoms with Gasteiger partial charge in [0.25, 0.3) is 0 Å². The minimum absolute atomic E-state index is 0.0659. The Labute approximate surface area is 106 Å². The molecule has 0 amide bonds. The molecule has 1 saturated carbocycles. The minimum Gasteiger partial charge on any atom is -0.371 e. The van der Waals surface area contributed by atoms with Crippen molar-refractivity contribution in [1.82, 2.24) is 4.98 Å². The van der Waals surface area contributed by atoms with Gasteiger partial charge in [-0.3, -0.25) is 0 Å². The average molecular weight is 255 g/mol. The molecule has 5 heteroatoms. The van der Waals surface area contributed by atoms with Crippen molar-refractivity contribution in [3.05, 3.63) is 17.7 Å². The van der Waals surface area contributed by atoms with Gasteiger partial charge in [-0.05, 0) is 24.7 Å². The summed E-state index contributed by atoms with van der Waals surface area (Å²) in [7, 11) is 1.56. The van der Waals surface area contributed by atoms with Crippen molar-refractivity contribution in [3.63, 3.8) is 0 Å². The normalized spacial score (nSPS) is 21.9. The Kier molecular flexibility index (Phi) is 3.41. The smallest absolute Gasteiger partial charge is 0.168 e. The van der Waals surface area contributed by atoms with Gasteiger partial charge >= 0.3 is 0 Å². The molecule has 1 heterocycles. The van der Waals surface area contributed by atoms with Crippen LogP contribution in [0.4, 0.5) is 20.4 Å². The molecule has 1 aliphatic carbocycles. The molecule has 1 atom stereocenters. The molecule has 1 aromatic rings. The van der Waals surface area contributed by atoms with E-state index in [1.54, 1.807) is 7.05 Å². The Hall–Kier alpha value is -1.39. The fourth-order valence-corrected chi connectivity index (χ4v) is 2.50. The first-order valence-corrected chi connectivity index (χ1v) is 6.21. The zero-order chi connectivity index (χ0) is 13.3. The van der Waals surface area contributed by atoms with Crippen LogP contribution in [0.5, 0.6) is 0 Å². The lowest BCUT2D eigenvalue weighted by Crippen LogP contribution is -2.19. The summed E-state index contributed by atoms with van der Waals surface area (Å²) in [5, 5.41) is 5.69. The van der Waals surface area contributed by atoms with Crippen LogP contribution >= 0.6 is 0 Å². The second-order valence-corrected chi connectivity index (χ2v) is 5.65. The molecule has 1 aromatic heterocycles. The van der Waals surface area contributed by atoms with Crippen molar-refractivity contribution in [3.8, 4) is 0 Å². The second-order valence-electron chi connectivity index (χ2n) is 5.65. The van der Waals surface area contributed by atoms with Crippen molar-refractivity contribution in [2.45, 2.75) is 39.2 Å². The third-order valence-electron chi connectivity index (χ3n) is 3.48. The van der Waals surface area contributed by atoms with E-state index in [1.807, 2.05) is 0 Å². The largest absolute Gasteiger partial charge is 0.371 e. The molecular formula is C13H19F2N3. The van der Waals surface area contributed by atoms with Crippen LogP contribution < -0.4 is 10.6 Å². The first-order chi connectivity index (χ1) is 8.41. The number of hydrogen-bond donors (Lipinski definition) is 2. The van der Waals surface area contributed by atoms with Gasteiger partial charge < -0.3 is 10.6 Å². The Balaban J connectivity index is 2.14. The SMILES string of the molecule is CNc1nc(NC2CCC(C)(C)C2)c(F)cc1F. The van der Waals surface area contributed by atoms with Gasteiger partial charge in [0.1, 0.15) is 0 Å². The number of pyridine rings is 1. The van der Waals surface area contributed by atoms with Gasteiger partial charge in [0.15, 0.2) is 23.3 Å². The van der Waals surface area contributed by atoms with Crippen LogP contribution in [0.25, 0.3) is 0 Å². The highest BCUT2D eigenvalue weighted by Crippen LogP contribution is 2.38. The van der Waals surface area contributed by atoms with Crippen LogP contribution in [-0.4, -0.2) is 18.1 Å². The number of aromatic nitrogens is 1. The molecule has 1 aliphatic rings. The van der Waals surface area contributed by atoms with Crippen LogP contribution in [0.15, 0.2) is 6.07 Å². The number of nitrogens with one attached hydrogen (secondary N) is 2. The third kappa shape index (κ3) is 2.71. The molecule has 1 unspecified atom stereocenters. The summed E-state index contributed by atoms with van der Waals surface area (Å²) in [5.41, 5.74) is 0.278. The van der Waals surface area contributed by atoms with Crippen LogP contribution in [0.1, 0.15) is 33.1 Å². The highest BCUT2D eigenvalue weighted by Gasteiger charge is 2.31. The number of nitrogens with zero attached hydrogens (tertiary/aromatic N) is 1. The molecule has 2 rings (SSSR count). The van der Waals surface area contributed by atoms with Gasteiger partial charge in [-0.2, -0.15) is 0 Å². The molecular weight excluding hydrogens is 236 g/mol. The fourth-order valence-electron chi connectivity index (χ4n) is 2.50. The Bertz CT molecular complexity index is 446. The molecule has 0 spiro atoms. The third-order valence-corrected chi connectivity index (χ3v) is 3.48. The van der Waals surface area contributed by atoms with Crippen LogP contribution in [0.3, 0.4) is 0 Å². The molecule has 0 saturated heterocycles. The Morgan fingerprint density at radius 1 is 1.28 bits per heavy atom. The Morgan fingerprint density at radius 3 is 2.50 bits per heavy atom. The van der Waals surface area contributed by atoms with Gasteiger partial charge in [-0.1, -0.05) is 13.8 Å². The summed E-state index contributed by atoms with van der Waals surface area (Å²) >= 11 is 0. The molecule has 100 valence electrons. The van der Waals surface area contributed by atoms with E-state index in [-0.39, 0.29) is 23.1 Å². The van der Waals surface area contributed by atoms with Crippen LogP contribution in [-0.2, 0) is 0 Å². The fraction of sp³-hybridized carbons (Fsp3) is 0.615. The number of anilines is 2. The first kappa shape index (κ1) is 13.1. The van der Waals surface area contributed by atoms with Gasteiger partial charge in [0.05, 0.1) is 0 Å². The molecule has 0 aliphatic heterocycles. The lowest BCUT2D eigenvalue weighted by molar-refractivity contribution is 0.378. The van der Waals surface area contributed by atoms with Crippen LogP contribution in [0.2, 0.25) is 0 Å². The van der Waals surface area contributed by atoms with Gasteiger partial charge in [-0.25, -0.2) is 13.8 Å². The summed E-state index contributed by atoms with van der Waals surface area (Å²) in [5.74, 6) is -1.12. The van der Waals surface area contributed by atoms with E-state index in [2.05, 4.69) is 29.5 Å². The highest BCUT2D eigenvalue weighted by atomic mass is 19.1. The van der Waals surface area contributed by atoms with E-state index in [0.29, 0.717) is 0 Å². The van der Waals surface area contributed by atoms with Crippen LogP contribution in [0, 0.1) is 17.0 Å². The summed E-state index contributed by atoms with van der Waals surface area (Å²) < 4.78 is 26.9. The zero-order valence-electron chi connectivity index (χ0n) is 11.0. The number of rotatable bonds is 3. The predicted octanol–water partition coefficient (Wildman–Crippen LogP) is 3.39. The average Bonchev–Trinajstić information content (AvgIpc) is 2.62. The van der Waals surface area contributed by atoms with E-state index in [9.17, 15) is 8.78 Å². The molecule has 0 aromatic carbocycles. The van der Waals surface area contributed by atoms with Gasteiger partial charge in [-0.15, -0.1) is 0 Å². The summed E-state index contributed by atoms with van der Waals surface area (Å²) in [6.45, 7) is 4.39. The van der Waals surface area contributed by atoms with Crippen molar-refractivity contribution in [2.24, 2.45) is 5.41 Å². The molecule has 0 bridgehead atoms. The maximum Gasteiger partial charge on any atom is 0.168 e. The monoisotopic (exact) mass is 255 g/mol. The molecule has 0 radical (unpaired) electrons. The van der Waals surface area contributed by atoms with E-state index >= 15 is 0 Å². The summed E-state index contributed by atoms with van der Waals surface area (Å²) in [6, 6.07) is 1.07. The van der Waals surface area contributed by atoms with Crippen molar-refractivity contribution >= 4 is 11.6 Å². The lowest BCUT2D eigenvalue weighted by atomic mass is 9.92. The van der Waals surface area contributed by atoms with Crippen molar-refractivity contribution in [1.29, 1.82) is 0 Å². The minimum atomic E-state index is -0.674. The van der Waals surface area contributed by atoms with Crippen molar-refractivity contribution < 1.29 is 8.78 Å². The standard InChI is InChI=1S/C13H19F2N3/c1-13(2)5-4-8(7-13)17-12-10(15)6-9(14)11(16-3)18-12/h6,8H,4-5,7H2,1-3H3,(H2,16,17,18). The second kappa shape index (κ2) is 4.71. The molecule has 2 N–H and O–H groups in total. The highest BCUT2D eigenvalue weighted by molar-refractivity contribution is 5.47. The lowest BCUT2D eigenvalue weighted by Gasteiger charge is -2.18. The van der Waals surface area contributed by atoms with E-state index in [0.717, 1.165) is 25.3 Å². The van der Waals surface area contributed by atoms with E-state index in [4.69, 9.17) is 0 Å². The predicted molar refractivity (Wildman–Crippen MR) is 68.7 cm³/mol. The molecule has 3 nitrogen and oxygen atoms in total. The van der Waals surface area contributed by atoms with Gasteiger partial charge in [0.2, 0.25) is 0 Å². The summed E-state index contributed by atoms with van der Waals surface area (Å²) in [4.78, 5) is 3.93. The Morgan fingerprint density at radius 2 is 1.94 bits per heavy atom. The molecule has 18 heavy (non-hydrogen) atoms. The zero-order valence-corrected chi connectivity index (χ0v) is 11.0. The van der Waals surface area contributed by atoms with E-state index in [1.165, 1.54) is 0 Å². The topological polar surface area (TPSA) is 37.0 Å². The maximum atomic E-state index is 13.6. The van der Waals surface area contributed by atoms with E-state index < -0.39 is 11.6 Å². The first-order valence-electron chi connectivity index (χ1n) is 6.21. The van der Waals surface area contributed by atoms with Crippen molar-refractivity contribution in [2.75, 3.05) is 17.7 Å². The van der Waals surface area contributed by atoms with Gasteiger partial charge in [0, 0.05) is 19.2 Å². The number of hydrogen-bond acceptors (Lipinski definition) is 3. The summed E-state index contributed by atoms with van der Waals surface area (Å²) in [6.07, 6.45) is 3.06. The number of halogens is 2. The molecule has 1 fully saturated rings. The maximum absolute atomic E-state index is 13.6.